The molecule has 1 N–H and O–H groups in total. The molecule has 5 heteroatoms. The van der Waals surface area contributed by atoms with Crippen LogP contribution in [0.3, 0.4) is 0 Å². The molecule has 0 aromatic rings. The van der Waals surface area contributed by atoms with Crippen molar-refractivity contribution in [3.8, 4) is 0 Å². The van der Waals surface area contributed by atoms with E-state index in [9.17, 15) is 4.39 Å². The third kappa shape index (κ3) is 1.22. The van der Waals surface area contributed by atoms with E-state index in [0.717, 1.165) is 15.9 Å². The Hall–Kier alpha value is 0.0700. The number of hydrogen-bond acceptors (Lipinski definition) is 3. The first-order chi connectivity index (χ1) is 3.29. The summed E-state index contributed by atoms with van der Waals surface area (Å²) in [7, 11) is 0. The standard InChI is InChI=1S/C2H2ClFN2S/c3-6-5-1-2(4)7-6/h1,5H. The van der Waals surface area contributed by atoms with Gasteiger partial charge in [0.1, 0.15) is 0 Å². The zero-order valence-electron chi connectivity index (χ0n) is 3.19. The Balaban J connectivity index is 2.42. The first-order valence-corrected chi connectivity index (χ1v) is 2.66. The Morgan fingerprint density at radius 1 is 2.00 bits per heavy atom. The van der Waals surface area contributed by atoms with Crippen molar-refractivity contribution in [3.05, 3.63) is 11.4 Å². The van der Waals surface area contributed by atoms with Crippen LogP contribution in [-0.4, -0.2) is 3.93 Å². The molecule has 2 nitrogen and oxygen atoms in total. The van der Waals surface area contributed by atoms with E-state index in [-0.39, 0.29) is 5.16 Å². The van der Waals surface area contributed by atoms with Crippen molar-refractivity contribution in [1.82, 2.24) is 9.36 Å². The molecular formula is C2H2ClFN2S. The maximum Gasteiger partial charge on any atom is 0.191 e. The summed E-state index contributed by atoms with van der Waals surface area (Å²) in [5.41, 5.74) is 2.39. The van der Waals surface area contributed by atoms with Gasteiger partial charge in [0.2, 0.25) is 0 Å². The minimum Gasteiger partial charge on any atom is -0.299 e. The number of nitrogens with one attached hydrogen (secondary N) is 1. The smallest absolute Gasteiger partial charge is 0.191 e. The van der Waals surface area contributed by atoms with Crippen LogP contribution in [0.25, 0.3) is 0 Å². The lowest BCUT2D eigenvalue weighted by molar-refractivity contribution is 0.644. The van der Waals surface area contributed by atoms with Gasteiger partial charge in [-0.15, -0.1) is 0 Å². The fourth-order valence-electron chi connectivity index (χ4n) is 0.231. The number of nitrogens with zero attached hydrogens (tertiary/aromatic N) is 1. The van der Waals surface area contributed by atoms with Crippen LogP contribution in [0.4, 0.5) is 4.39 Å². The Morgan fingerprint density at radius 3 is 2.86 bits per heavy atom. The molecular weight excluding hydrogens is 139 g/mol. The predicted octanol–water partition coefficient (Wildman–Crippen LogP) is 1.38. The zero-order valence-corrected chi connectivity index (χ0v) is 4.76. The van der Waals surface area contributed by atoms with Gasteiger partial charge < -0.3 is 0 Å². The van der Waals surface area contributed by atoms with Crippen molar-refractivity contribution >= 4 is 23.7 Å². The highest BCUT2D eigenvalue weighted by molar-refractivity contribution is 8.01. The second kappa shape index (κ2) is 1.90. The Kier molecular flexibility index (Phi) is 1.41. The van der Waals surface area contributed by atoms with Crippen LogP contribution in [0.5, 0.6) is 0 Å². The summed E-state index contributed by atoms with van der Waals surface area (Å²) >= 11 is 6.00. The summed E-state index contributed by atoms with van der Waals surface area (Å²) in [5.74, 6) is 0. The molecule has 1 rings (SSSR count). The van der Waals surface area contributed by atoms with E-state index >= 15 is 0 Å². The molecule has 0 saturated carbocycles. The molecule has 0 atom stereocenters. The van der Waals surface area contributed by atoms with Crippen molar-refractivity contribution in [2.45, 2.75) is 0 Å². The second-order valence-corrected chi connectivity index (χ2v) is 2.39. The zero-order chi connectivity index (χ0) is 5.28. The molecule has 0 aromatic carbocycles. The Bertz CT molecular complexity index is 106. The van der Waals surface area contributed by atoms with Gasteiger partial charge in [-0.25, -0.2) is 0 Å². The molecule has 0 aromatic heterocycles. The van der Waals surface area contributed by atoms with Gasteiger partial charge in [-0.3, -0.25) is 5.43 Å². The molecule has 0 bridgehead atoms. The van der Waals surface area contributed by atoms with E-state index in [4.69, 9.17) is 11.8 Å². The van der Waals surface area contributed by atoms with Crippen LogP contribution < -0.4 is 5.43 Å². The quantitative estimate of drug-likeness (QED) is 0.404. The minimum atomic E-state index is -0.324. The molecule has 0 fully saturated rings. The lowest BCUT2D eigenvalue weighted by Crippen LogP contribution is -2.10. The Morgan fingerprint density at radius 2 is 2.71 bits per heavy atom. The van der Waals surface area contributed by atoms with Crippen LogP contribution in [-0.2, 0) is 0 Å². The largest absolute Gasteiger partial charge is 0.299 e. The van der Waals surface area contributed by atoms with Gasteiger partial charge >= 0.3 is 0 Å². The topological polar surface area (TPSA) is 15.3 Å². The minimum absolute atomic E-state index is 0.324. The average Bonchev–Trinajstić information content (AvgIpc) is 1.87. The molecule has 0 aliphatic carbocycles. The van der Waals surface area contributed by atoms with Crippen molar-refractivity contribution in [2.24, 2.45) is 0 Å². The summed E-state index contributed by atoms with van der Waals surface area (Å²) in [6.07, 6.45) is 1.18. The second-order valence-electron chi connectivity index (χ2n) is 0.914. The monoisotopic (exact) mass is 140 g/mol. The fourth-order valence-corrected chi connectivity index (χ4v) is 0.841. The molecule has 40 valence electrons. The highest BCUT2D eigenvalue weighted by atomic mass is 35.5. The molecule has 0 unspecified atom stereocenters. The van der Waals surface area contributed by atoms with E-state index in [1.54, 1.807) is 0 Å². The van der Waals surface area contributed by atoms with Gasteiger partial charge in [-0.2, -0.15) is 4.39 Å². The van der Waals surface area contributed by atoms with E-state index in [0.29, 0.717) is 0 Å². The van der Waals surface area contributed by atoms with Crippen LogP contribution in [0.2, 0.25) is 0 Å². The van der Waals surface area contributed by atoms with E-state index < -0.39 is 0 Å². The molecule has 0 amide bonds. The molecule has 1 aliphatic rings. The van der Waals surface area contributed by atoms with Gasteiger partial charge in [0.05, 0.1) is 6.20 Å². The lowest BCUT2D eigenvalue weighted by Gasteiger charge is -1.97. The highest BCUT2D eigenvalue weighted by Gasteiger charge is 2.10. The van der Waals surface area contributed by atoms with Gasteiger partial charge in [0.15, 0.2) is 5.16 Å². The van der Waals surface area contributed by atoms with Gasteiger partial charge in [0, 0.05) is 23.7 Å². The lowest BCUT2D eigenvalue weighted by atomic mass is 11.0. The molecule has 1 aliphatic heterocycles. The molecule has 1 heterocycles. The first kappa shape index (κ1) is 5.21. The number of rotatable bonds is 0. The third-order valence-corrected chi connectivity index (χ3v) is 1.31. The maximum absolute atomic E-state index is 11.8. The van der Waals surface area contributed by atoms with Crippen molar-refractivity contribution in [3.63, 3.8) is 0 Å². The molecule has 7 heavy (non-hydrogen) atoms. The molecule has 0 saturated heterocycles. The molecule has 0 radical (unpaired) electrons. The van der Waals surface area contributed by atoms with Gasteiger partial charge in [0.25, 0.3) is 0 Å². The summed E-state index contributed by atoms with van der Waals surface area (Å²) < 4.78 is 12.9. The fraction of sp³-hybridized carbons (Fsp3) is 0. The number of hydrazine groups is 1. The third-order valence-electron chi connectivity index (χ3n) is 0.447. The number of halogens is 2. The van der Waals surface area contributed by atoms with Crippen LogP contribution >= 0.6 is 23.7 Å². The number of hydrogen-bond donors (Lipinski definition) is 1. The van der Waals surface area contributed by atoms with Crippen molar-refractivity contribution in [1.29, 1.82) is 0 Å². The van der Waals surface area contributed by atoms with Crippen LogP contribution in [0.15, 0.2) is 11.4 Å². The Labute approximate surface area is 49.5 Å². The van der Waals surface area contributed by atoms with Crippen LogP contribution in [0, 0.1) is 0 Å². The molecule has 0 spiro atoms. The summed E-state index contributed by atoms with van der Waals surface area (Å²) in [4.78, 5) is 0. The summed E-state index contributed by atoms with van der Waals surface area (Å²) in [5, 5.41) is -0.324. The normalized spacial score (nSPS) is 21.7. The SMILES string of the molecule is FC1=CNN(Cl)S1. The summed E-state index contributed by atoms with van der Waals surface area (Å²) in [6, 6.07) is 0. The summed E-state index contributed by atoms with van der Waals surface area (Å²) in [6.45, 7) is 0. The first-order valence-electron chi connectivity index (χ1n) is 1.55. The average molecular weight is 141 g/mol. The van der Waals surface area contributed by atoms with Gasteiger partial charge in [-0.05, 0) is 0 Å². The van der Waals surface area contributed by atoms with Gasteiger partial charge in [-0.1, -0.05) is 3.93 Å². The van der Waals surface area contributed by atoms with Crippen LogP contribution in [0.1, 0.15) is 0 Å². The van der Waals surface area contributed by atoms with E-state index in [1.807, 2.05) is 0 Å². The highest BCUT2D eigenvalue weighted by Crippen LogP contribution is 2.25. The van der Waals surface area contributed by atoms with Crippen molar-refractivity contribution in [2.75, 3.05) is 0 Å². The van der Waals surface area contributed by atoms with E-state index in [2.05, 4.69) is 5.43 Å². The maximum atomic E-state index is 11.8. The van der Waals surface area contributed by atoms with Crippen molar-refractivity contribution < 1.29 is 4.39 Å². The van der Waals surface area contributed by atoms with E-state index in [1.165, 1.54) is 6.20 Å². The predicted molar refractivity (Wildman–Crippen MR) is 27.6 cm³/mol.